The summed E-state index contributed by atoms with van der Waals surface area (Å²) in [6.07, 6.45) is 1.65. The maximum absolute atomic E-state index is 13.3. The van der Waals surface area contributed by atoms with Gasteiger partial charge < -0.3 is 19.9 Å². The lowest BCUT2D eigenvalue weighted by molar-refractivity contribution is 0.0304. The number of carbonyl (C=O) groups is 2. The van der Waals surface area contributed by atoms with Crippen LogP contribution in [-0.4, -0.2) is 72.1 Å². The van der Waals surface area contributed by atoms with Crippen LogP contribution in [0.1, 0.15) is 38.6 Å². The molecule has 2 saturated heterocycles. The average molecular weight is 466 g/mol. The van der Waals surface area contributed by atoms with Gasteiger partial charge in [-0.3, -0.25) is 9.59 Å². The summed E-state index contributed by atoms with van der Waals surface area (Å²) in [4.78, 5) is 39.7. The molecule has 0 spiro atoms. The first-order chi connectivity index (χ1) is 16.1. The van der Waals surface area contributed by atoms with Crippen LogP contribution in [0.3, 0.4) is 0 Å². The highest BCUT2D eigenvalue weighted by atomic mass is 32.1. The van der Waals surface area contributed by atoms with Crippen LogP contribution in [0, 0.1) is 6.92 Å². The monoisotopic (exact) mass is 465 g/mol. The van der Waals surface area contributed by atoms with E-state index in [0.29, 0.717) is 36.7 Å². The van der Waals surface area contributed by atoms with E-state index in [4.69, 9.17) is 9.72 Å². The highest BCUT2D eigenvalue weighted by molar-refractivity contribution is 7.11. The zero-order chi connectivity index (χ0) is 22.8. The van der Waals surface area contributed by atoms with E-state index in [0.717, 1.165) is 48.3 Å². The molecule has 8 nitrogen and oxygen atoms in total. The lowest BCUT2D eigenvalue weighted by Gasteiger charge is -2.34. The Morgan fingerprint density at radius 1 is 1.12 bits per heavy atom. The molecule has 9 heteroatoms. The SMILES string of the molecule is Cc1ncsc1C(=O)NC1CCN(c2cc(C(=O)N3CCOCC3)c3ccccc3n2)CC1. The van der Waals surface area contributed by atoms with Gasteiger partial charge in [0.05, 0.1) is 35.5 Å². The van der Waals surface area contributed by atoms with Crippen molar-refractivity contribution in [3.05, 3.63) is 52.0 Å². The number of hydrogen-bond acceptors (Lipinski definition) is 7. The van der Waals surface area contributed by atoms with Gasteiger partial charge in [-0.1, -0.05) is 18.2 Å². The van der Waals surface area contributed by atoms with E-state index >= 15 is 0 Å². The first kappa shape index (κ1) is 21.8. The summed E-state index contributed by atoms with van der Waals surface area (Å²) in [5.41, 5.74) is 3.98. The maximum Gasteiger partial charge on any atom is 0.263 e. The molecule has 0 bridgehead atoms. The van der Waals surface area contributed by atoms with Gasteiger partial charge >= 0.3 is 0 Å². The van der Waals surface area contributed by atoms with E-state index in [1.165, 1.54) is 11.3 Å². The third-order valence-electron chi connectivity index (χ3n) is 6.34. The van der Waals surface area contributed by atoms with E-state index in [9.17, 15) is 9.59 Å². The number of nitrogens with one attached hydrogen (secondary N) is 1. The van der Waals surface area contributed by atoms with Crippen LogP contribution in [-0.2, 0) is 4.74 Å². The number of anilines is 1. The number of piperidine rings is 1. The molecule has 1 aromatic carbocycles. The number of carbonyl (C=O) groups excluding carboxylic acids is 2. The molecule has 4 heterocycles. The van der Waals surface area contributed by atoms with Crippen molar-refractivity contribution < 1.29 is 14.3 Å². The molecular weight excluding hydrogens is 438 g/mol. The van der Waals surface area contributed by atoms with Gasteiger partial charge in [-0.15, -0.1) is 11.3 Å². The second-order valence-electron chi connectivity index (χ2n) is 8.45. The number of pyridine rings is 1. The fraction of sp³-hybridized carbons (Fsp3) is 0.417. The van der Waals surface area contributed by atoms with Gasteiger partial charge in [-0.2, -0.15) is 0 Å². The number of benzene rings is 1. The van der Waals surface area contributed by atoms with Gasteiger partial charge in [0.15, 0.2) is 0 Å². The third kappa shape index (κ3) is 4.56. The normalized spacial score (nSPS) is 17.4. The Balaban J connectivity index is 1.32. The fourth-order valence-corrected chi connectivity index (χ4v) is 5.17. The number of para-hydroxylation sites is 1. The molecule has 2 amide bonds. The van der Waals surface area contributed by atoms with Gasteiger partial charge in [-0.05, 0) is 31.9 Å². The van der Waals surface area contributed by atoms with Gasteiger partial charge in [-0.25, -0.2) is 9.97 Å². The number of aryl methyl sites for hydroxylation is 1. The molecule has 5 rings (SSSR count). The number of rotatable bonds is 4. The topological polar surface area (TPSA) is 87.7 Å². The quantitative estimate of drug-likeness (QED) is 0.638. The molecule has 2 aliphatic heterocycles. The van der Waals surface area contributed by atoms with Crippen molar-refractivity contribution >= 4 is 39.9 Å². The molecule has 1 N–H and O–H groups in total. The molecule has 3 aromatic rings. The fourth-order valence-electron chi connectivity index (χ4n) is 4.46. The van der Waals surface area contributed by atoms with Crippen LogP contribution in [0.4, 0.5) is 5.82 Å². The van der Waals surface area contributed by atoms with Crippen LogP contribution in [0.25, 0.3) is 10.9 Å². The van der Waals surface area contributed by atoms with Gasteiger partial charge in [0.1, 0.15) is 10.7 Å². The van der Waals surface area contributed by atoms with Crippen molar-refractivity contribution in [3.63, 3.8) is 0 Å². The average Bonchev–Trinajstić information content (AvgIpc) is 3.30. The van der Waals surface area contributed by atoms with E-state index in [1.54, 1.807) is 5.51 Å². The summed E-state index contributed by atoms with van der Waals surface area (Å²) in [6.45, 7) is 5.75. The van der Waals surface area contributed by atoms with Crippen molar-refractivity contribution in [2.24, 2.45) is 0 Å². The number of hydrogen-bond donors (Lipinski definition) is 1. The lowest BCUT2D eigenvalue weighted by Crippen LogP contribution is -2.45. The van der Waals surface area contributed by atoms with Crippen molar-refractivity contribution in [1.29, 1.82) is 0 Å². The molecule has 2 aliphatic rings. The van der Waals surface area contributed by atoms with Crippen molar-refractivity contribution in [2.45, 2.75) is 25.8 Å². The number of amides is 2. The summed E-state index contributed by atoms with van der Waals surface area (Å²) in [5, 5.41) is 4.02. The molecule has 0 atom stereocenters. The minimum atomic E-state index is -0.0457. The number of morpholine rings is 1. The Labute approximate surface area is 196 Å². The largest absolute Gasteiger partial charge is 0.378 e. The Morgan fingerprint density at radius 2 is 1.88 bits per heavy atom. The molecule has 0 radical (unpaired) electrons. The van der Waals surface area contributed by atoms with Crippen LogP contribution < -0.4 is 10.2 Å². The first-order valence-electron chi connectivity index (χ1n) is 11.3. The zero-order valence-corrected chi connectivity index (χ0v) is 19.4. The van der Waals surface area contributed by atoms with Gasteiger partial charge in [0, 0.05) is 37.6 Å². The second-order valence-corrected chi connectivity index (χ2v) is 9.31. The minimum absolute atomic E-state index is 0.0280. The summed E-state index contributed by atoms with van der Waals surface area (Å²) < 4.78 is 5.41. The van der Waals surface area contributed by atoms with Crippen LogP contribution in [0.5, 0.6) is 0 Å². The van der Waals surface area contributed by atoms with Crippen LogP contribution >= 0.6 is 11.3 Å². The summed E-state index contributed by atoms with van der Waals surface area (Å²) in [5.74, 6) is 0.796. The van der Waals surface area contributed by atoms with Crippen LogP contribution in [0.15, 0.2) is 35.8 Å². The van der Waals surface area contributed by atoms with Crippen LogP contribution in [0.2, 0.25) is 0 Å². The summed E-state index contributed by atoms with van der Waals surface area (Å²) in [7, 11) is 0. The van der Waals surface area contributed by atoms with E-state index < -0.39 is 0 Å². The van der Waals surface area contributed by atoms with Crippen molar-refractivity contribution in [2.75, 3.05) is 44.3 Å². The highest BCUT2D eigenvalue weighted by Crippen LogP contribution is 2.27. The van der Waals surface area contributed by atoms with Gasteiger partial charge in [0.25, 0.3) is 11.8 Å². The summed E-state index contributed by atoms with van der Waals surface area (Å²) in [6, 6.07) is 9.86. The Morgan fingerprint density at radius 3 is 2.61 bits per heavy atom. The molecule has 0 unspecified atom stereocenters. The molecule has 2 fully saturated rings. The Bertz CT molecular complexity index is 1170. The molecule has 0 saturated carbocycles. The maximum atomic E-state index is 13.3. The summed E-state index contributed by atoms with van der Waals surface area (Å²) >= 11 is 1.37. The standard InChI is InChI=1S/C24H27N5O3S/c1-16-22(33-15-25-16)23(30)26-17-6-8-28(9-7-17)21-14-19(18-4-2-3-5-20(18)27-21)24(31)29-10-12-32-13-11-29/h2-5,14-15,17H,6-13H2,1H3,(H,26,30). The Kier molecular flexibility index (Phi) is 6.24. The third-order valence-corrected chi connectivity index (χ3v) is 7.26. The first-order valence-corrected chi connectivity index (χ1v) is 12.2. The van der Waals surface area contributed by atoms with E-state index in [2.05, 4.69) is 15.2 Å². The molecule has 2 aromatic heterocycles. The molecule has 172 valence electrons. The van der Waals surface area contributed by atoms with E-state index in [-0.39, 0.29) is 17.9 Å². The number of thiazole rings is 1. The smallest absolute Gasteiger partial charge is 0.263 e. The predicted octanol–water partition coefficient (Wildman–Crippen LogP) is 2.87. The van der Waals surface area contributed by atoms with E-state index in [1.807, 2.05) is 42.2 Å². The highest BCUT2D eigenvalue weighted by Gasteiger charge is 2.26. The number of fused-ring (bicyclic) bond motifs is 1. The van der Waals surface area contributed by atoms with Crippen molar-refractivity contribution in [1.82, 2.24) is 20.2 Å². The Hall–Kier alpha value is -3.04. The number of ether oxygens (including phenoxy) is 1. The second kappa shape index (κ2) is 9.44. The zero-order valence-electron chi connectivity index (χ0n) is 18.6. The molecule has 0 aliphatic carbocycles. The lowest BCUT2D eigenvalue weighted by atomic mass is 10.0. The number of aromatic nitrogens is 2. The van der Waals surface area contributed by atoms with Gasteiger partial charge in [0.2, 0.25) is 0 Å². The van der Waals surface area contributed by atoms with Crippen molar-refractivity contribution in [3.8, 4) is 0 Å². The molecular formula is C24H27N5O3S. The predicted molar refractivity (Wildman–Crippen MR) is 128 cm³/mol. The minimum Gasteiger partial charge on any atom is -0.378 e. The molecule has 33 heavy (non-hydrogen) atoms. The number of nitrogens with zero attached hydrogens (tertiary/aromatic N) is 4.